The predicted octanol–water partition coefficient (Wildman–Crippen LogP) is 5.26. The Kier molecular flexibility index (Phi) is 15.6. The van der Waals surface area contributed by atoms with Crippen molar-refractivity contribution >= 4 is 23.4 Å². The number of para-hydroxylation sites is 1. The minimum atomic E-state index is -0.909. The van der Waals surface area contributed by atoms with Crippen LogP contribution in [-0.2, 0) is 21.0 Å². The lowest BCUT2D eigenvalue weighted by Gasteiger charge is -2.62. The molecule has 3 amide bonds. The molecule has 340 valence electrons. The molecule has 13 heteroatoms. The molecule has 4 N–H and O–H groups in total. The number of ether oxygens (including phenoxy) is 1. The molecule has 0 unspecified atom stereocenters. The summed E-state index contributed by atoms with van der Waals surface area (Å²) < 4.78 is 6.19. The van der Waals surface area contributed by atoms with Gasteiger partial charge in [-0.1, -0.05) is 59.7 Å². The SMILES string of the molecule is COc1c(CN2O[C@@H](CNC(=O)CCN(C)C)[C@@H]([C@H](C)O)[C@H]2C(=O)N[C@H]2C[C@H]3C[C@@H]([C@@H]2C)C3(C)C)cccc1-c1cc(C(=O)N[C@H](CN(C)C)CC(C)(C)C)cc(N(C)C)c1. The Morgan fingerprint density at radius 2 is 1.74 bits per heavy atom. The Labute approximate surface area is 366 Å². The summed E-state index contributed by atoms with van der Waals surface area (Å²) in [5.41, 5.74) is 4.05. The lowest BCUT2D eigenvalue weighted by Crippen LogP contribution is -2.62. The largest absolute Gasteiger partial charge is 0.496 e. The Hall–Kier alpha value is -3.75. The highest BCUT2D eigenvalue weighted by Crippen LogP contribution is 2.61. The first-order valence-electron chi connectivity index (χ1n) is 22.3. The normalized spacial score (nSPS) is 25.8. The van der Waals surface area contributed by atoms with Crippen molar-refractivity contribution in [2.24, 2.45) is 34.5 Å². The molecule has 4 fully saturated rings. The van der Waals surface area contributed by atoms with Gasteiger partial charge in [-0.2, -0.15) is 5.06 Å². The van der Waals surface area contributed by atoms with Crippen LogP contribution in [-0.4, -0.2) is 137 Å². The van der Waals surface area contributed by atoms with Crippen LogP contribution in [0.5, 0.6) is 5.75 Å². The second-order valence-corrected chi connectivity index (χ2v) is 20.8. The van der Waals surface area contributed by atoms with E-state index in [0.717, 1.165) is 41.8 Å². The van der Waals surface area contributed by atoms with Crippen LogP contribution in [0, 0.1) is 34.5 Å². The van der Waals surface area contributed by atoms with E-state index in [9.17, 15) is 19.5 Å². The summed E-state index contributed by atoms with van der Waals surface area (Å²) in [4.78, 5) is 54.3. The van der Waals surface area contributed by atoms with Crippen molar-refractivity contribution in [3.63, 3.8) is 0 Å². The van der Waals surface area contributed by atoms with Crippen LogP contribution >= 0.6 is 0 Å². The molecule has 0 radical (unpaired) electrons. The lowest BCUT2D eigenvalue weighted by molar-refractivity contribution is -0.177. The molecule has 0 spiro atoms. The smallest absolute Gasteiger partial charge is 0.251 e. The minimum absolute atomic E-state index is 0.0189. The van der Waals surface area contributed by atoms with Gasteiger partial charge in [-0.25, -0.2) is 0 Å². The topological polar surface area (TPSA) is 139 Å². The highest BCUT2D eigenvalue weighted by atomic mass is 16.7. The summed E-state index contributed by atoms with van der Waals surface area (Å²) >= 11 is 0. The maximum atomic E-state index is 14.7. The van der Waals surface area contributed by atoms with Crippen LogP contribution in [0.3, 0.4) is 0 Å². The summed E-state index contributed by atoms with van der Waals surface area (Å²) in [5, 5.41) is 22.8. The van der Waals surface area contributed by atoms with Crippen LogP contribution in [0.1, 0.15) is 90.1 Å². The zero-order valence-electron chi connectivity index (χ0n) is 39.6. The molecule has 1 heterocycles. The van der Waals surface area contributed by atoms with Gasteiger partial charge in [0.2, 0.25) is 11.8 Å². The number of hydrogen-bond donors (Lipinski definition) is 4. The highest BCUT2D eigenvalue weighted by Gasteiger charge is 2.57. The van der Waals surface area contributed by atoms with Crippen molar-refractivity contribution in [3.05, 3.63) is 47.5 Å². The van der Waals surface area contributed by atoms with Crippen LogP contribution in [0.25, 0.3) is 11.1 Å². The molecule has 3 aliphatic carbocycles. The lowest BCUT2D eigenvalue weighted by atomic mass is 9.45. The van der Waals surface area contributed by atoms with Gasteiger partial charge in [0.15, 0.2) is 0 Å². The summed E-state index contributed by atoms with van der Waals surface area (Å²) in [6.45, 7) is 16.8. The number of anilines is 1. The summed E-state index contributed by atoms with van der Waals surface area (Å²) in [7, 11) is 13.4. The van der Waals surface area contributed by atoms with Gasteiger partial charge in [-0.3, -0.25) is 19.2 Å². The van der Waals surface area contributed by atoms with Crippen molar-refractivity contribution in [2.45, 2.75) is 111 Å². The fourth-order valence-electron chi connectivity index (χ4n) is 10.2. The van der Waals surface area contributed by atoms with Crippen LogP contribution in [0.4, 0.5) is 5.69 Å². The first-order valence-corrected chi connectivity index (χ1v) is 22.3. The molecule has 6 rings (SSSR count). The average Bonchev–Trinajstić information content (AvgIpc) is 3.53. The number of aliphatic hydroxyl groups excluding tert-OH is 1. The van der Waals surface area contributed by atoms with E-state index in [4.69, 9.17) is 9.57 Å². The third kappa shape index (κ3) is 11.6. The third-order valence-corrected chi connectivity index (χ3v) is 13.6. The molecule has 61 heavy (non-hydrogen) atoms. The van der Waals surface area contributed by atoms with Crippen molar-refractivity contribution in [3.8, 4) is 16.9 Å². The Balaban J connectivity index is 1.48. The molecule has 3 saturated carbocycles. The van der Waals surface area contributed by atoms with Crippen LogP contribution in [0.15, 0.2) is 36.4 Å². The Morgan fingerprint density at radius 3 is 2.31 bits per heavy atom. The van der Waals surface area contributed by atoms with Gasteiger partial charge in [-0.05, 0) is 107 Å². The molecule has 2 aromatic carbocycles. The van der Waals surface area contributed by atoms with Gasteiger partial charge in [0.25, 0.3) is 5.91 Å². The maximum Gasteiger partial charge on any atom is 0.251 e. The van der Waals surface area contributed by atoms with E-state index in [2.05, 4.69) is 62.4 Å². The second kappa shape index (κ2) is 19.7. The summed E-state index contributed by atoms with van der Waals surface area (Å²) in [5.74, 6) is 0.917. The van der Waals surface area contributed by atoms with E-state index in [0.29, 0.717) is 42.0 Å². The predicted molar refractivity (Wildman–Crippen MR) is 243 cm³/mol. The number of aliphatic hydroxyl groups is 1. The van der Waals surface area contributed by atoms with Gasteiger partial charge in [0.1, 0.15) is 17.9 Å². The fourth-order valence-corrected chi connectivity index (χ4v) is 10.2. The van der Waals surface area contributed by atoms with Crippen molar-refractivity contribution in [1.29, 1.82) is 0 Å². The molecule has 2 bridgehead atoms. The summed E-state index contributed by atoms with van der Waals surface area (Å²) in [6.07, 6.45) is 1.69. The van der Waals surface area contributed by atoms with E-state index >= 15 is 0 Å². The zero-order chi connectivity index (χ0) is 45.1. The number of fused-ring (bicyclic) bond motifs is 2. The molecular formula is C48H77N7O6. The van der Waals surface area contributed by atoms with E-state index in [1.807, 2.05) is 88.5 Å². The van der Waals surface area contributed by atoms with Gasteiger partial charge in [0.05, 0.1) is 19.8 Å². The van der Waals surface area contributed by atoms with Crippen LogP contribution in [0.2, 0.25) is 0 Å². The molecule has 13 nitrogen and oxygen atoms in total. The van der Waals surface area contributed by atoms with E-state index in [1.54, 1.807) is 19.1 Å². The first kappa shape index (κ1) is 48.3. The second-order valence-electron chi connectivity index (χ2n) is 20.8. The maximum absolute atomic E-state index is 14.7. The van der Waals surface area contributed by atoms with Crippen molar-refractivity contribution < 1.29 is 29.1 Å². The molecule has 1 saturated heterocycles. The number of nitrogens with one attached hydrogen (secondary N) is 3. The third-order valence-electron chi connectivity index (χ3n) is 13.6. The molecule has 4 aliphatic rings. The highest BCUT2D eigenvalue weighted by molar-refractivity contribution is 5.97. The van der Waals surface area contributed by atoms with E-state index in [1.165, 1.54) is 6.42 Å². The van der Waals surface area contributed by atoms with E-state index in [-0.39, 0.29) is 53.7 Å². The fraction of sp³-hybridized carbons (Fsp3) is 0.688. The number of nitrogens with zero attached hydrogens (tertiary/aromatic N) is 4. The molecule has 0 aromatic heterocycles. The van der Waals surface area contributed by atoms with Gasteiger partial charge in [0, 0.05) is 80.5 Å². The minimum Gasteiger partial charge on any atom is -0.496 e. The first-order chi connectivity index (χ1) is 28.5. The van der Waals surface area contributed by atoms with Gasteiger partial charge < -0.3 is 40.5 Å². The zero-order valence-corrected chi connectivity index (χ0v) is 39.6. The Bertz CT molecular complexity index is 1840. The van der Waals surface area contributed by atoms with Gasteiger partial charge >= 0.3 is 0 Å². The van der Waals surface area contributed by atoms with Gasteiger partial charge in [-0.15, -0.1) is 0 Å². The molecule has 9 atom stereocenters. The number of benzene rings is 2. The number of likely N-dealkylation sites (N-methyl/N-ethyl adjacent to an activating group) is 1. The monoisotopic (exact) mass is 848 g/mol. The Morgan fingerprint density at radius 1 is 1.03 bits per heavy atom. The quantitative estimate of drug-likeness (QED) is 0.157. The number of carbonyl (C=O) groups is 3. The standard InChI is InChI=1S/C48H77N7O6/c1-29-38-23-34(48(38,6)7)24-39(29)51-46(59)43-42(30(2)56)40(26-49-41(57)18-19-52(8)9)61-55(43)27-31-16-15-17-37(44(31)60-14)32-20-33(22-36(21-32)54(12)13)45(58)50-35(28-53(10)11)25-47(3,4)5/h15-17,20-22,29-30,34-35,38-40,42-43,56H,18-19,23-28H2,1-14H3,(H,49,57)(H,50,58)(H,51,59)/t29-,30-,34+,35-,38-,39-,40-,42+,43-/m0/s1. The summed E-state index contributed by atoms with van der Waals surface area (Å²) in [6, 6.07) is 10.9. The number of hydroxylamine groups is 2. The molecule has 1 aliphatic heterocycles. The number of methoxy groups -OCH3 is 1. The number of hydrogen-bond acceptors (Lipinski definition) is 10. The van der Waals surface area contributed by atoms with Crippen molar-refractivity contribution in [1.82, 2.24) is 30.8 Å². The number of amides is 3. The van der Waals surface area contributed by atoms with E-state index < -0.39 is 24.2 Å². The number of carbonyl (C=O) groups excluding carboxylic acids is 3. The molecular weight excluding hydrogens is 771 g/mol. The molecule has 2 aromatic rings. The van der Waals surface area contributed by atoms with Crippen molar-refractivity contribution in [2.75, 3.05) is 73.9 Å². The average molecular weight is 848 g/mol. The number of rotatable bonds is 18. The van der Waals surface area contributed by atoms with Crippen LogP contribution < -0.4 is 25.6 Å².